The molecule has 2 aromatic rings. The molecule has 0 aliphatic heterocycles. The van der Waals surface area contributed by atoms with Gasteiger partial charge in [-0.05, 0) is 5.92 Å². The number of nitrogens with zero attached hydrogens (tertiary/aromatic N) is 4. The summed E-state index contributed by atoms with van der Waals surface area (Å²) in [5, 5.41) is 3.85. The Balaban J connectivity index is 2.07. The number of aryl methyl sites for hydroxylation is 1. The largest absolute Gasteiger partial charge is 0.338 e. The van der Waals surface area contributed by atoms with Crippen LogP contribution in [-0.4, -0.2) is 25.5 Å². The van der Waals surface area contributed by atoms with Crippen LogP contribution in [-0.2, 0) is 18.3 Å². The van der Waals surface area contributed by atoms with Crippen molar-refractivity contribution in [2.24, 2.45) is 13.0 Å². The molecular weight excluding hydrogens is 232 g/mol. The van der Waals surface area contributed by atoms with Gasteiger partial charge in [-0.2, -0.15) is 4.98 Å². The van der Waals surface area contributed by atoms with Crippen LogP contribution in [0.15, 0.2) is 17.0 Å². The normalized spacial score (nSPS) is 11.1. The van der Waals surface area contributed by atoms with Crippen molar-refractivity contribution in [2.75, 3.05) is 0 Å². The van der Waals surface area contributed by atoms with Gasteiger partial charge in [-0.3, -0.25) is 4.79 Å². The first-order valence-corrected chi connectivity index (χ1v) is 5.87. The molecule has 0 atom stereocenters. The van der Waals surface area contributed by atoms with Gasteiger partial charge in [0.25, 0.3) is 0 Å². The van der Waals surface area contributed by atoms with Crippen molar-refractivity contribution >= 4 is 5.78 Å². The monoisotopic (exact) mass is 248 g/mol. The van der Waals surface area contributed by atoms with E-state index in [1.807, 2.05) is 20.9 Å². The van der Waals surface area contributed by atoms with E-state index in [2.05, 4.69) is 15.1 Å². The van der Waals surface area contributed by atoms with Gasteiger partial charge in [-0.25, -0.2) is 4.98 Å². The zero-order chi connectivity index (χ0) is 13.1. The van der Waals surface area contributed by atoms with Crippen LogP contribution in [0.4, 0.5) is 0 Å². The van der Waals surface area contributed by atoms with Crippen molar-refractivity contribution < 1.29 is 9.32 Å². The zero-order valence-corrected chi connectivity index (χ0v) is 10.8. The molecule has 0 saturated carbocycles. The van der Waals surface area contributed by atoms with E-state index in [0.29, 0.717) is 24.1 Å². The molecule has 0 fully saturated rings. The van der Waals surface area contributed by atoms with Gasteiger partial charge in [0.2, 0.25) is 11.7 Å². The van der Waals surface area contributed by atoms with Gasteiger partial charge in [0.15, 0.2) is 0 Å². The number of hydrogen-bond acceptors (Lipinski definition) is 5. The Morgan fingerprint density at radius 1 is 1.50 bits per heavy atom. The molecule has 0 radical (unpaired) electrons. The van der Waals surface area contributed by atoms with E-state index in [-0.39, 0.29) is 12.2 Å². The summed E-state index contributed by atoms with van der Waals surface area (Å²) in [4.78, 5) is 19.8. The number of carbonyl (C=O) groups excluding carboxylic acids is 1. The van der Waals surface area contributed by atoms with Gasteiger partial charge in [0.05, 0.1) is 18.9 Å². The molecule has 0 aliphatic carbocycles. The average molecular weight is 248 g/mol. The fraction of sp³-hybridized carbons (Fsp3) is 0.500. The highest BCUT2D eigenvalue weighted by atomic mass is 16.5. The van der Waals surface area contributed by atoms with E-state index < -0.39 is 0 Å². The van der Waals surface area contributed by atoms with Crippen LogP contribution >= 0.6 is 0 Å². The lowest BCUT2D eigenvalue weighted by Gasteiger charge is -2.00. The third-order valence-corrected chi connectivity index (χ3v) is 2.50. The van der Waals surface area contributed by atoms with E-state index in [1.165, 1.54) is 0 Å². The van der Waals surface area contributed by atoms with Crippen LogP contribution in [0.1, 0.15) is 26.2 Å². The minimum atomic E-state index is 0.116. The molecule has 0 saturated heterocycles. The molecule has 0 aliphatic rings. The van der Waals surface area contributed by atoms with Crippen LogP contribution in [0.2, 0.25) is 0 Å². The number of hydrogen-bond donors (Lipinski definition) is 0. The van der Waals surface area contributed by atoms with Gasteiger partial charge in [0.1, 0.15) is 11.5 Å². The second kappa shape index (κ2) is 5.12. The third kappa shape index (κ3) is 2.82. The van der Waals surface area contributed by atoms with Crippen molar-refractivity contribution in [1.29, 1.82) is 0 Å². The number of carbonyl (C=O) groups is 1. The lowest BCUT2D eigenvalue weighted by molar-refractivity contribution is -0.119. The summed E-state index contributed by atoms with van der Waals surface area (Å²) in [7, 11) is 1.85. The fourth-order valence-corrected chi connectivity index (χ4v) is 1.70. The molecule has 2 rings (SSSR count). The molecule has 6 nitrogen and oxygen atoms in total. The van der Waals surface area contributed by atoms with E-state index >= 15 is 0 Å². The highest BCUT2D eigenvalue weighted by molar-refractivity contribution is 5.80. The summed E-state index contributed by atoms with van der Waals surface area (Å²) in [6, 6.07) is 0. The minimum Gasteiger partial charge on any atom is -0.338 e. The molecule has 2 aromatic heterocycles. The van der Waals surface area contributed by atoms with E-state index in [0.717, 1.165) is 5.69 Å². The van der Waals surface area contributed by atoms with Gasteiger partial charge in [0, 0.05) is 13.5 Å². The molecule has 18 heavy (non-hydrogen) atoms. The third-order valence-electron chi connectivity index (χ3n) is 2.50. The second-order valence-corrected chi connectivity index (χ2v) is 4.71. The summed E-state index contributed by atoms with van der Waals surface area (Å²) in [5.74, 6) is 1.28. The van der Waals surface area contributed by atoms with E-state index in [4.69, 9.17) is 4.52 Å². The molecule has 6 heteroatoms. The van der Waals surface area contributed by atoms with Crippen LogP contribution in [0.5, 0.6) is 0 Å². The predicted molar refractivity (Wildman–Crippen MR) is 64.7 cm³/mol. The smallest absolute Gasteiger partial charge is 0.234 e. The van der Waals surface area contributed by atoms with Crippen LogP contribution in [0.3, 0.4) is 0 Å². The molecule has 96 valence electrons. The van der Waals surface area contributed by atoms with Crippen molar-refractivity contribution in [1.82, 2.24) is 19.7 Å². The molecule has 0 bridgehead atoms. The Labute approximate surface area is 105 Å². The van der Waals surface area contributed by atoms with Crippen LogP contribution in [0.25, 0.3) is 11.5 Å². The Hall–Kier alpha value is -1.98. The lowest BCUT2D eigenvalue weighted by atomic mass is 10.1. The Kier molecular flexibility index (Phi) is 3.55. The Morgan fingerprint density at radius 3 is 2.89 bits per heavy atom. The maximum atomic E-state index is 11.6. The van der Waals surface area contributed by atoms with Gasteiger partial charge in [-0.15, -0.1) is 0 Å². The van der Waals surface area contributed by atoms with Crippen molar-refractivity contribution in [3.63, 3.8) is 0 Å². The highest BCUT2D eigenvalue weighted by Crippen LogP contribution is 2.14. The van der Waals surface area contributed by atoms with Crippen LogP contribution < -0.4 is 0 Å². The predicted octanol–water partition coefficient (Wildman–Crippen LogP) is 1.63. The summed E-state index contributed by atoms with van der Waals surface area (Å²) >= 11 is 0. The molecule has 0 unspecified atom stereocenters. The summed E-state index contributed by atoms with van der Waals surface area (Å²) in [5.41, 5.74) is 0.765. The van der Waals surface area contributed by atoms with Gasteiger partial charge < -0.3 is 9.09 Å². The van der Waals surface area contributed by atoms with Crippen LogP contribution in [0, 0.1) is 5.92 Å². The molecule has 0 spiro atoms. The number of aromatic nitrogens is 4. The fourth-order valence-electron chi connectivity index (χ4n) is 1.70. The Morgan fingerprint density at radius 2 is 2.28 bits per heavy atom. The molecule has 0 aromatic carbocycles. The van der Waals surface area contributed by atoms with Crippen molar-refractivity contribution in [2.45, 2.75) is 26.7 Å². The number of ketones is 1. The summed E-state index contributed by atoms with van der Waals surface area (Å²) in [6.07, 6.45) is 4.05. The molecule has 0 amide bonds. The SMILES string of the molecule is CC(C)CC(=O)Cc1nc(-c2cncn2C)no1. The average Bonchev–Trinajstić information content (AvgIpc) is 2.85. The van der Waals surface area contributed by atoms with Gasteiger partial charge >= 0.3 is 0 Å². The lowest BCUT2D eigenvalue weighted by Crippen LogP contribution is -2.06. The van der Waals surface area contributed by atoms with Crippen molar-refractivity contribution in [3.8, 4) is 11.5 Å². The first-order chi connectivity index (χ1) is 8.56. The van der Waals surface area contributed by atoms with Crippen molar-refractivity contribution in [3.05, 3.63) is 18.4 Å². The highest BCUT2D eigenvalue weighted by Gasteiger charge is 2.15. The zero-order valence-electron chi connectivity index (χ0n) is 10.8. The second-order valence-electron chi connectivity index (χ2n) is 4.71. The molecular formula is C12H16N4O2. The Bertz CT molecular complexity index is 542. The number of rotatable bonds is 5. The van der Waals surface area contributed by atoms with Gasteiger partial charge in [-0.1, -0.05) is 19.0 Å². The molecule has 0 N–H and O–H groups in total. The summed E-state index contributed by atoms with van der Waals surface area (Å²) in [6.45, 7) is 4.01. The van der Waals surface area contributed by atoms with E-state index in [1.54, 1.807) is 17.1 Å². The standard InChI is InChI=1S/C12H16N4O2/c1-8(2)4-9(17)5-11-14-12(15-18-11)10-6-13-7-16(10)3/h6-8H,4-5H2,1-3H3. The maximum absolute atomic E-state index is 11.6. The number of Topliss-reactive ketones (excluding diaryl/α,β-unsaturated/α-hetero) is 1. The topological polar surface area (TPSA) is 73.8 Å². The summed E-state index contributed by atoms with van der Waals surface area (Å²) < 4.78 is 6.87. The minimum absolute atomic E-state index is 0.116. The number of imidazole rings is 1. The first-order valence-electron chi connectivity index (χ1n) is 5.87. The first kappa shape index (κ1) is 12.5. The maximum Gasteiger partial charge on any atom is 0.234 e. The quantitative estimate of drug-likeness (QED) is 0.804. The van der Waals surface area contributed by atoms with E-state index in [9.17, 15) is 4.79 Å². The molecule has 2 heterocycles.